The number of hydrogen-bond donors (Lipinski definition) is 2. The van der Waals surface area contributed by atoms with Crippen LogP contribution in [0.5, 0.6) is 5.75 Å². The van der Waals surface area contributed by atoms with Crippen LogP contribution in [0, 0.1) is 19.7 Å². The van der Waals surface area contributed by atoms with Gasteiger partial charge in [-0.1, -0.05) is 6.07 Å². The number of furan rings is 1. The lowest BCUT2D eigenvalue weighted by molar-refractivity contribution is -0.128. The predicted molar refractivity (Wildman–Crippen MR) is 87.3 cm³/mol. The number of ether oxygens (including phenoxy) is 1. The largest absolute Gasteiger partial charge is 0.481 e. The summed E-state index contributed by atoms with van der Waals surface area (Å²) in [6.07, 6.45) is -0.824. The highest BCUT2D eigenvalue weighted by Crippen LogP contribution is 2.26. The van der Waals surface area contributed by atoms with Crippen molar-refractivity contribution in [2.45, 2.75) is 39.4 Å². The Morgan fingerprint density at radius 1 is 1.42 bits per heavy atom. The second-order valence-corrected chi connectivity index (χ2v) is 6.04. The van der Waals surface area contributed by atoms with E-state index in [-0.39, 0.29) is 12.3 Å². The minimum absolute atomic E-state index is 0.00248. The fourth-order valence-corrected chi connectivity index (χ4v) is 2.46. The van der Waals surface area contributed by atoms with Gasteiger partial charge in [-0.15, -0.1) is 0 Å². The van der Waals surface area contributed by atoms with E-state index in [0.717, 1.165) is 0 Å². The number of hydrogen-bond acceptors (Lipinski definition) is 4. The number of benzene rings is 1. The third kappa shape index (κ3) is 4.35. The van der Waals surface area contributed by atoms with Crippen molar-refractivity contribution in [1.29, 1.82) is 0 Å². The highest BCUT2D eigenvalue weighted by atomic mass is 19.1. The van der Waals surface area contributed by atoms with Gasteiger partial charge >= 0.3 is 0 Å². The van der Waals surface area contributed by atoms with E-state index < -0.39 is 23.4 Å². The minimum atomic E-state index is -1.27. The fraction of sp³-hybridized carbons (Fsp3) is 0.389. The van der Waals surface area contributed by atoms with Crippen LogP contribution >= 0.6 is 0 Å². The fourth-order valence-electron chi connectivity index (χ4n) is 2.46. The normalized spacial score (nSPS) is 14.8. The Labute approximate surface area is 140 Å². The lowest BCUT2D eigenvalue weighted by Gasteiger charge is -2.24. The number of nitrogens with one attached hydrogen (secondary N) is 1. The number of carbonyl (C=O) groups is 1. The number of rotatable bonds is 6. The zero-order valence-electron chi connectivity index (χ0n) is 14.2. The first-order valence-electron chi connectivity index (χ1n) is 7.69. The number of aliphatic hydroxyl groups is 1. The van der Waals surface area contributed by atoms with Gasteiger partial charge < -0.3 is 19.6 Å². The van der Waals surface area contributed by atoms with E-state index in [1.807, 2.05) is 0 Å². The van der Waals surface area contributed by atoms with Gasteiger partial charge in [-0.05, 0) is 45.9 Å². The van der Waals surface area contributed by atoms with Crippen LogP contribution in [0.2, 0.25) is 0 Å². The minimum Gasteiger partial charge on any atom is -0.481 e. The first kappa shape index (κ1) is 18.0. The topological polar surface area (TPSA) is 71.7 Å². The van der Waals surface area contributed by atoms with E-state index in [1.165, 1.54) is 18.2 Å². The Balaban J connectivity index is 1.95. The standard InChI is InChI=1S/C18H22FNO4/c1-11-8-16(12(2)23-11)18(4,22)10-20-17(21)13(3)24-15-7-5-6-14(19)9-15/h5-9,13,22H,10H2,1-4H3,(H,20,21). The molecule has 0 radical (unpaired) electrons. The zero-order chi connectivity index (χ0) is 17.9. The van der Waals surface area contributed by atoms with Crippen molar-refractivity contribution in [2.24, 2.45) is 0 Å². The molecule has 0 saturated carbocycles. The van der Waals surface area contributed by atoms with Crippen LogP contribution in [0.3, 0.4) is 0 Å². The summed E-state index contributed by atoms with van der Waals surface area (Å²) in [5.41, 5.74) is -0.644. The molecule has 0 fully saturated rings. The highest BCUT2D eigenvalue weighted by Gasteiger charge is 2.29. The van der Waals surface area contributed by atoms with Gasteiger partial charge in [-0.3, -0.25) is 4.79 Å². The van der Waals surface area contributed by atoms with Gasteiger partial charge in [0.1, 0.15) is 28.7 Å². The van der Waals surface area contributed by atoms with Gasteiger partial charge in [0.15, 0.2) is 6.10 Å². The van der Waals surface area contributed by atoms with Crippen LogP contribution in [0.25, 0.3) is 0 Å². The molecule has 0 aliphatic rings. The van der Waals surface area contributed by atoms with Crippen molar-refractivity contribution in [1.82, 2.24) is 5.32 Å². The molecule has 24 heavy (non-hydrogen) atoms. The van der Waals surface area contributed by atoms with E-state index in [0.29, 0.717) is 17.1 Å². The van der Waals surface area contributed by atoms with Crippen molar-refractivity contribution in [3.8, 4) is 5.75 Å². The lowest BCUT2D eigenvalue weighted by atomic mass is 9.96. The monoisotopic (exact) mass is 335 g/mol. The molecule has 0 bridgehead atoms. The smallest absolute Gasteiger partial charge is 0.260 e. The van der Waals surface area contributed by atoms with E-state index in [2.05, 4.69) is 5.32 Å². The second kappa shape index (κ2) is 7.05. The second-order valence-electron chi connectivity index (χ2n) is 6.04. The maximum absolute atomic E-state index is 13.1. The number of carbonyl (C=O) groups excluding carboxylic acids is 1. The van der Waals surface area contributed by atoms with E-state index in [9.17, 15) is 14.3 Å². The van der Waals surface area contributed by atoms with Gasteiger partial charge in [-0.2, -0.15) is 0 Å². The van der Waals surface area contributed by atoms with Crippen molar-refractivity contribution in [2.75, 3.05) is 6.54 Å². The van der Waals surface area contributed by atoms with Crippen LogP contribution in [0.4, 0.5) is 4.39 Å². The molecule has 0 aliphatic carbocycles. The molecule has 0 spiro atoms. The van der Waals surface area contributed by atoms with Crippen LogP contribution in [-0.2, 0) is 10.4 Å². The average molecular weight is 335 g/mol. The summed E-state index contributed by atoms with van der Waals surface area (Å²) in [7, 11) is 0. The quantitative estimate of drug-likeness (QED) is 0.851. The van der Waals surface area contributed by atoms with Crippen molar-refractivity contribution < 1.29 is 23.4 Å². The molecule has 6 heteroatoms. The number of amides is 1. The molecule has 5 nitrogen and oxygen atoms in total. The Kier molecular flexibility index (Phi) is 5.29. The molecule has 1 aromatic carbocycles. The molecule has 1 amide bonds. The molecule has 0 aliphatic heterocycles. The molecule has 0 saturated heterocycles. The Hall–Kier alpha value is -2.34. The Morgan fingerprint density at radius 3 is 2.71 bits per heavy atom. The maximum atomic E-state index is 13.1. The van der Waals surface area contributed by atoms with Crippen molar-refractivity contribution in [3.63, 3.8) is 0 Å². The molecule has 130 valence electrons. The predicted octanol–water partition coefficient (Wildman–Crippen LogP) is 2.83. The molecule has 2 aromatic rings. The summed E-state index contributed by atoms with van der Waals surface area (Å²) in [6, 6.07) is 7.32. The van der Waals surface area contributed by atoms with Crippen molar-refractivity contribution in [3.05, 3.63) is 53.2 Å². The third-order valence-corrected chi connectivity index (χ3v) is 3.71. The summed E-state index contributed by atoms with van der Waals surface area (Å²) in [5.74, 6) is 0.727. The number of aryl methyl sites for hydroxylation is 2. The summed E-state index contributed by atoms with van der Waals surface area (Å²) >= 11 is 0. The van der Waals surface area contributed by atoms with Gasteiger partial charge in [0.25, 0.3) is 5.91 Å². The van der Waals surface area contributed by atoms with Gasteiger partial charge in [0, 0.05) is 11.6 Å². The Morgan fingerprint density at radius 2 is 2.12 bits per heavy atom. The average Bonchev–Trinajstić information content (AvgIpc) is 2.84. The third-order valence-electron chi connectivity index (χ3n) is 3.71. The van der Waals surface area contributed by atoms with Gasteiger partial charge in [0.2, 0.25) is 0 Å². The van der Waals surface area contributed by atoms with Crippen LogP contribution in [0.1, 0.15) is 30.9 Å². The Bertz CT molecular complexity index is 724. The zero-order valence-corrected chi connectivity index (χ0v) is 14.2. The first-order chi connectivity index (χ1) is 11.2. The van der Waals surface area contributed by atoms with E-state index in [1.54, 1.807) is 39.8 Å². The molecule has 2 rings (SSSR count). The number of halogens is 1. The molecular weight excluding hydrogens is 313 g/mol. The first-order valence-corrected chi connectivity index (χ1v) is 7.69. The summed E-state index contributed by atoms with van der Waals surface area (Å²) < 4.78 is 23.9. The van der Waals surface area contributed by atoms with Gasteiger partial charge in [0.05, 0.1) is 6.54 Å². The highest BCUT2D eigenvalue weighted by molar-refractivity contribution is 5.80. The molecule has 2 unspecified atom stereocenters. The van der Waals surface area contributed by atoms with Crippen molar-refractivity contribution >= 4 is 5.91 Å². The van der Waals surface area contributed by atoms with Crippen LogP contribution < -0.4 is 10.1 Å². The maximum Gasteiger partial charge on any atom is 0.260 e. The lowest BCUT2D eigenvalue weighted by Crippen LogP contribution is -2.43. The van der Waals surface area contributed by atoms with Gasteiger partial charge in [-0.25, -0.2) is 4.39 Å². The van der Waals surface area contributed by atoms with Crippen LogP contribution in [0.15, 0.2) is 34.7 Å². The summed E-state index contributed by atoms with van der Waals surface area (Å²) in [6.45, 7) is 6.71. The SMILES string of the molecule is Cc1cc(C(C)(O)CNC(=O)C(C)Oc2cccc(F)c2)c(C)o1. The molecule has 1 aromatic heterocycles. The molecule has 1 heterocycles. The molecular formula is C18H22FNO4. The summed E-state index contributed by atoms with van der Waals surface area (Å²) in [4.78, 5) is 12.1. The molecule has 2 N–H and O–H groups in total. The van der Waals surface area contributed by atoms with Crippen LogP contribution in [-0.4, -0.2) is 23.7 Å². The molecule has 2 atom stereocenters. The summed E-state index contributed by atoms with van der Waals surface area (Å²) in [5, 5.41) is 13.2. The van der Waals surface area contributed by atoms with E-state index >= 15 is 0 Å². The van der Waals surface area contributed by atoms with E-state index in [4.69, 9.17) is 9.15 Å².